The largest absolute Gasteiger partial charge is 0.487 e. The lowest BCUT2D eigenvalue weighted by Gasteiger charge is -2.17. The van der Waals surface area contributed by atoms with Crippen LogP contribution in [0.3, 0.4) is 0 Å². The molecule has 0 radical (unpaired) electrons. The number of benzene rings is 2. The third-order valence-electron chi connectivity index (χ3n) is 2.86. The molecule has 2 nitrogen and oxygen atoms in total. The molecule has 0 amide bonds. The molecule has 0 atom stereocenters. The second-order valence-corrected chi connectivity index (χ2v) is 4.32. The molecule has 0 unspecified atom stereocenters. The van der Waals surface area contributed by atoms with Crippen LogP contribution in [0, 0.1) is 5.82 Å². The average Bonchev–Trinajstić information content (AvgIpc) is 2.46. The molecule has 0 saturated carbocycles. The van der Waals surface area contributed by atoms with Crippen LogP contribution in [-0.2, 0) is 12.5 Å². The summed E-state index contributed by atoms with van der Waals surface area (Å²) < 4.78 is 46.1. The number of ether oxygens (including phenoxy) is 1. The lowest BCUT2D eigenvalue weighted by molar-refractivity contribution is -0.0467. The summed E-state index contributed by atoms with van der Waals surface area (Å²) >= 11 is 0. The zero-order chi connectivity index (χ0) is 14.6. The van der Waals surface area contributed by atoms with Gasteiger partial charge in [0.25, 0.3) is 0 Å². The van der Waals surface area contributed by atoms with Gasteiger partial charge < -0.3 is 10.5 Å². The van der Waals surface area contributed by atoms with Crippen LogP contribution < -0.4 is 10.5 Å². The molecule has 0 saturated heterocycles. The fourth-order valence-electron chi connectivity index (χ4n) is 1.72. The van der Waals surface area contributed by atoms with Gasteiger partial charge in [0.2, 0.25) is 0 Å². The lowest BCUT2D eigenvalue weighted by atomic mass is 10.1. The van der Waals surface area contributed by atoms with Crippen LogP contribution in [0.1, 0.15) is 11.1 Å². The molecule has 5 heteroatoms. The van der Waals surface area contributed by atoms with Crippen LogP contribution in [0.15, 0.2) is 48.5 Å². The first-order valence-electron chi connectivity index (χ1n) is 6.07. The first-order valence-corrected chi connectivity index (χ1v) is 6.07. The highest BCUT2D eigenvalue weighted by atomic mass is 19.3. The van der Waals surface area contributed by atoms with Crippen LogP contribution in [0.2, 0.25) is 0 Å². The Hall–Kier alpha value is -2.01. The summed E-state index contributed by atoms with van der Waals surface area (Å²) in [6.45, 7) is -0.801. The van der Waals surface area contributed by atoms with E-state index >= 15 is 0 Å². The average molecular weight is 281 g/mol. The Bertz CT molecular complexity index is 573. The van der Waals surface area contributed by atoms with Gasteiger partial charge in [0, 0.05) is 23.7 Å². The fourth-order valence-corrected chi connectivity index (χ4v) is 1.72. The van der Waals surface area contributed by atoms with Gasteiger partial charge in [-0.3, -0.25) is 0 Å². The van der Waals surface area contributed by atoms with Crippen molar-refractivity contribution in [1.29, 1.82) is 0 Å². The number of hydrogen-bond acceptors (Lipinski definition) is 2. The van der Waals surface area contributed by atoms with Crippen LogP contribution in [0.25, 0.3) is 0 Å². The van der Waals surface area contributed by atoms with Crippen molar-refractivity contribution < 1.29 is 17.9 Å². The first kappa shape index (κ1) is 14.4. The minimum Gasteiger partial charge on any atom is -0.487 e. The fraction of sp³-hybridized carbons (Fsp3) is 0.200. The van der Waals surface area contributed by atoms with E-state index in [9.17, 15) is 13.2 Å². The molecule has 0 bridgehead atoms. The topological polar surface area (TPSA) is 35.2 Å². The highest BCUT2D eigenvalue weighted by molar-refractivity contribution is 5.29. The van der Waals surface area contributed by atoms with Gasteiger partial charge in [0.15, 0.2) is 6.61 Å². The number of alkyl halides is 2. The molecule has 2 aromatic rings. The zero-order valence-electron chi connectivity index (χ0n) is 10.7. The summed E-state index contributed by atoms with van der Waals surface area (Å²) in [4.78, 5) is 0. The Balaban J connectivity index is 2.06. The van der Waals surface area contributed by atoms with Crippen LogP contribution >= 0.6 is 0 Å². The van der Waals surface area contributed by atoms with Gasteiger partial charge in [-0.2, -0.15) is 8.78 Å². The molecule has 0 aliphatic heterocycles. The SMILES string of the molecule is NCc1ccc(OCC(F)(F)c2ccccc2)cc1F. The van der Waals surface area contributed by atoms with Gasteiger partial charge in [-0.1, -0.05) is 36.4 Å². The van der Waals surface area contributed by atoms with Gasteiger partial charge in [-0.15, -0.1) is 0 Å². The molecule has 2 aromatic carbocycles. The van der Waals surface area contributed by atoms with Gasteiger partial charge in [0.05, 0.1) is 0 Å². The van der Waals surface area contributed by atoms with Crippen molar-refractivity contribution >= 4 is 0 Å². The quantitative estimate of drug-likeness (QED) is 0.911. The van der Waals surface area contributed by atoms with Crippen molar-refractivity contribution in [2.75, 3.05) is 6.61 Å². The van der Waals surface area contributed by atoms with Gasteiger partial charge in [0.1, 0.15) is 11.6 Å². The summed E-state index contributed by atoms with van der Waals surface area (Å²) in [5.74, 6) is -3.65. The second-order valence-electron chi connectivity index (χ2n) is 4.32. The third kappa shape index (κ3) is 3.30. The van der Waals surface area contributed by atoms with Gasteiger partial charge in [-0.05, 0) is 6.07 Å². The molecule has 0 heterocycles. The van der Waals surface area contributed by atoms with Crippen molar-refractivity contribution in [1.82, 2.24) is 0 Å². The van der Waals surface area contributed by atoms with E-state index in [1.165, 1.54) is 36.4 Å². The monoisotopic (exact) mass is 281 g/mol. The van der Waals surface area contributed by atoms with Crippen molar-refractivity contribution in [2.45, 2.75) is 12.5 Å². The van der Waals surface area contributed by atoms with E-state index in [4.69, 9.17) is 10.5 Å². The highest BCUT2D eigenvalue weighted by Crippen LogP contribution is 2.29. The summed E-state index contributed by atoms with van der Waals surface area (Å²) in [6.07, 6.45) is 0. The molecule has 0 aliphatic carbocycles. The molecule has 0 fully saturated rings. The molecule has 0 aromatic heterocycles. The normalized spacial score (nSPS) is 11.4. The Morgan fingerprint density at radius 2 is 1.75 bits per heavy atom. The smallest absolute Gasteiger partial charge is 0.306 e. The summed E-state index contributed by atoms with van der Waals surface area (Å²) in [6, 6.07) is 11.3. The van der Waals surface area contributed by atoms with E-state index in [0.29, 0.717) is 5.56 Å². The Morgan fingerprint density at radius 3 is 2.35 bits per heavy atom. The van der Waals surface area contributed by atoms with Crippen LogP contribution in [-0.4, -0.2) is 6.61 Å². The number of hydrogen-bond donors (Lipinski definition) is 1. The molecule has 0 spiro atoms. The lowest BCUT2D eigenvalue weighted by Crippen LogP contribution is -2.23. The van der Waals surface area contributed by atoms with E-state index < -0.39 is 18.3 Å². The highest BCUT2D eigenvalue weighted by Gasteiger charge is 2.32. The Kier molecular flexibility index (Phi) is 4.29. The number of nitrogens with two attached hydrogens (primary N) is 1. The molecule has 2 N–H and O–H groups in total. The van der Waals surface area contributed by atoms with Gasteiger partial charge in [-0.25, -0.2) is 4.39 Å². The summed E-state index contributed by atoms with van der Waals surface area (Å²) in [5.41, 5.74) is 5.49. The van der Waals surface area contributed by atoms with Crippen molar-refractivity contribution in [3.63, 3.8) is 0 Å². The number of rotatable bonds is 5. The minimum atomic E-state index is -3.13. The van der Waals surface area contributed by atoms with Crippen molar-refractivity contribution in [3.8, 4) is 5.75 Å². The molecule has 2 rings (SSSR count). The van der Waals surface area contributed by atoms with Crippen molar-refractivity contribution in [3.05, 3.63) is 65.5 Å². The van der Waals surface area contributed by atoms with Crippen molar-refractivity contribution in [2.24, 2.45) is 5.73 Å². The summed E-state index contributed by atoms with van der Waals surface area (Å²) in [5, 5.41) is 0. The molecular formula is C15H14F3NO. The molecular weight excluding hydrogens is 267 g/mol. The van der Waals surface area contributed by atoms with E-state index in [-0.39, 0.29) is 17.9 Å². The van der Waals surface area contributed by atoms with Crippen LogP contribution in [0.4, 0.5) is 13.2 Å². The summed E-state index contributed by atoms with van der Waals surface area (Å²) in [7, 11) is 0. The third-order valence-corrected chi connectivity index (χ3v) is 2.86. The maximum atomic E-state index is 13.8. The molecule has 106 valence electrons. The second kappa shape index (κ2) is 5.96. The zero-order valence-corrected chi connectivity index (χ0v) is 10.7. The Morgan fingerprint density at radius 1 is 1.05 bits per heavy atom. The van der Waals surface area contributed by atoms with Gasteiger partial charge >= 0.3 is 5.92 Å². The predicted octanol–water partition coefficient (Wildman–Crippen LogP) is 3.46. The standard InChI is InChI=1S/C15H14F3NO/c16-14-8-13(7-6-11(14)9-19)20-10-15(17,18)12-4-2-1-3-5-12/h1-8H,9-10,19H2. The predicted molar refractivity (Wildman–Crippen MR) is 70.1 cm³/mol. The molecule has 0 aliphatic rings. The van der Waals surface area contributed by atoms with Crippen LogP contribution in [0.5, 0.6) is 5.75 Å². The maximum absolute atomic E-state index is 13.8. The number of halogens is 3. The molecule has 20 heavy (non-hydrogen) atoms. The minimum absolute atomic E-state index is 0.0479. The van der Waals surface area contributed by atoms with E-state index in [0.717, 1.165) is 6.07 Å². The van der Waals surface area contributed by atoms with E-state index in [2.05, 4.69) is 0 Å². The first-order chi connectivity index (χ1) is 9.53. The maximum Gasteiger partial charge on any atom is 0.306 e. The van der Waals surface area contributed by atoms with E-state index in [1.807, 2.05) is 0 Å². The Labute approximate surface area is 115 Å². The van der Waals surface area contributed by atoms with E-state index in [1.54, 1.807) is 6.07 Å².